The summed E-state index contributed by atoms with van der Waals surface area (Å²) in [5.74, 6) is 0.350. The molecule has 1 aromatic rings. The number of carbonyl (C=O) groups excluding carboxylic acids is 2. The molecule has 1 aromatic carbocycles. The Bertz CT molecular complexity index is 536. The van der Waals surface area contributed by atoms with Crippen molar-refractivity contribution in [3.8, 4) is 5.75 Å². The molecule has 0 radical (unpaired) electrons. The molecule has 0 atom stereocenters. The lowest BCUT2D eigenvalue weighted by atomic mass is 10.0. The van der Waals surface area contributed by atoms with E-state index in [-0.39, 0.29) is 36.6 Å². The van der Waals surface area contributed by atoms with Crippen molar-refractivity contribution < 1.29 is 14.3 Å². The highest BCUT2D eigenvalue weighted by Gasteiger charge is 2.24. The van der Waals surface area contributed by atoms with Crippen LogP contribution in [0.25, 0.3) is 0 Å². The van der Waals surface area contributed by atoms with Crippen LogP contribution in [0.4, 0.5) is 5.69 Å². The van der Waals surface area contributed by atoms with Gasteiger partial charge in [0.05, 0.1) is 18.7 Å². The second-order valence-corrected chi connectivity index (χ2v) is 5.23. The summed E-state index contributed by atoms with van der Waals surface area (Å²) in [6, 6.07) is 4.99. The highest BCUT2D eigenvalue weighted by Crippen LogP contribution is 2.27. The van der Waals surface area contributed by atoms with Crippen LogP contribution in [-0.2, 0) is 9.59 Å². The zero-order valence-corrected chi connectivity index (χ0v) is 13.7. The van der Waals surface area contributed by atoms with Gasteiger partial charge in [-0.25, -0.2) is 0 Å². The molecule has 1 saturated heterocycles. The van der Waals surface area contributed by atoms with Gasteiger partial charge in [-0.15, -0.1) is 12.4 Å². The molecule has 1 aliphatic heterocycles. The van der Waals surface area contributed by atoms with Crippen molar-refractivity contribution in [3.63, 3.8) is 0 Å². The molecule has 3 N–H and O–H groups in total. The Hall–Kier alpha value is -1.50. The molecule has 0 saturated carbocycles. The number of hydrogen-bond donors (Lipinski definition) is 3. The first-order valence-electron chi connectivity index (χ1n) is 6.72. The van der Waals surface area contributed by atoms with E-state index in [1.54, 1.807) is 18.2 Å². The van der Waals surface area contributed by atoms with Crippen LogP contribution >= 0.6 is 24.0 Å². The minimum atomic E-state index is -0.206. The molecule has 122 valence electrons. The van der Waals surface area contributed by atoms with Gasteiger partial charge in [-0.05, 0) is 18.2 Å². The molecule has 2 rings (SSSR count). The SMILES string of the molecule is COc1ccc(Cl)cc1NC(=O)CCNC(=O)C1CNC1.Cl. The molecule has 0 unspecified atom stereocenters. The minimum absolute atomic E-state index is 0. The number of nitrogens with one attached hydrogen (secondary N) is 3. The number of benzene rings is 1. The third kappa shape index (κ3) is 5.05. The fourth-order valence-electron chi connectivity index (χ4n) is 1.91. The summed E-state index contributed by atoms with van der Waals surface area (Å²) in [5, 5.41) is 9.00. The molecular formula is C14H19Cl2N3O3. The van der Waals surface area contributed by atoms with E-state index in [1.165, 1.54) is 7.11 Å². The van der Waals surface area contributed by atoms with Crippen LogP contribution in [0.15, 0.2) is 18.2 Å². The predicted molar refractivity (Wildman–Crippen MR) is 87.9 cm³/mol. The van der Waals surface area contributed by atoms with E-state index in [4.69, 9.17) is 16.3 Å². The lowest BCUT2D eigenvalue weighted by Gasteiger charge is -2.25. The first-order valence-corrected chi connectivity index (χ1v) is 7.09. The quantitative estimate of drug-likeness (QED) is 0.727. The van der Waals surface area contributed by atoms with Gasteiger partial charge in [0.2, 0.25) is 11.8 Å². The molecule has 0 aromatic heterocycles. The highest BCUT2D eigenvalue weighted by atomic mass is 35.5. The topological polar surface area (TPSA) is 79.5 Å². The van der Waals surface area contributed by atoms with Gasteiger partial charge in [-0.1, -0.05) is 11.6 Å². The van der Waals surface area contributed by atoms with Crippen LogP contribution in [0.2, 0.25) is 5.02 Å². The molecule has 0 spiro atoms. The van der Waals surface area contributed by atoms with Gasteiger partial charge in [0, 0.05) is 31.1 Å². The standard InChI is InChI=1S/C14H18ClN3O3.ClH/c1-21-12-3-2-10(15)6-11(12)18-13(19)4-5-17-14(20)9-7-16-8-9;/h2-3,6,9,16H,4-5,7-8H2,1H3,(H,17,20)(H,18,19);1H. The van der Waals surface area contributed by atoms with Gasteiger partial charge in [0.15, 0.2) is 0 Å². The largest absolute Gasteiger partial charge is 0.495 e. The number of amides is 2. The highest BCUT2D eigenvalue weighted by molar-refractivity contribution is 6.31. The fraction of sp³-hybridized carbons (Fsp3) is 0.429. The van der Waals surface area contributed by atoms with E-state index >= 15 is 0 Å². The normalized spacial score (nSPS) is 13.5. The summed E-state index contributed by atoms with van der Waals surface area (Å²) in [6.45, 7) is 1.72. The van der Waals surface area contributed by atoms with Crippen molar-refractivity contribution in [2.45, 2.75) is 6.42 Å². The third-order valence-electron chi connectivity index (χ3n) is 3.24. The average Bonchev–Trinajstić information content (AvgIpc) is 2.36. The molecule has 1 heterocycles. The second kappa shape index (κ2) is 8.82. The Morgan fingerprint density at radius 1 is 1.41 bits per heavy atom. The Morgan fingerprint density at radius 3 is 2.73 bits per heavy atom. The molecule has 6 nitrogen and oxygen atoms in total. The third-order valence-corrected chi connectivity index (χ3v) is 3.47. The molecule has 22 heavy (non-hydrogen) atoms. The fourth-order valence-corrected chi connectivity index (χ4v) is 2.08. The molecule has 2 amide bonds. The number of halogens is 2. The second-order valence-electron chi connectivity index (χ2n) is 4.79. The average molecular weight is 348 g/mol. The molecule has 0 bridgehead atoms. The number of methoxy groups -OCH3 is 1. The first kappa shape index (κ1) is 18.5. The zero-order valence-electron chi connectivity index (χ0n) is 12.1. The Labute approximate surface area is 140 Å². The van der Waals surface area contributed by atoms with E-state index < -0.39 is 0 Å². The number of anilines is 1. The Kier molecular flexibility index (Phi) is 7.44. The number of carbonyl (C=O) groups is 2. The maximum Gasteiger partial charge on any atom is 0.226 e. The van der Waals surface area contributed by atoms with Crippen molar-refractivity contribution >= 4 is 41.5 Å². The summed E-state index contributed by atoms with van der Waals surface area (Å²) >= 11 is 5.89. The number of rotatable bonds is 6. The molecular weight excluding hydrogens is 329 g/mol. The van der Waals surface area contributed by atoms with E-state index in [1.807, 2.05) is 0 Å². The van der Waals surface area contributed by atoms with E-state index in [2.05, 4.69) is 16.0 Å². The van der Waals surface area contributed by atoms with Crippen LogP contribution in [0, 0.1) is 5.92 Å². The maximum absolute atomic E-state index is 11.9. The molecule has 1 aliphatic rings. The van der Waals surface area contributed by atoms with Crippen LogP contribution in [0.1, 0.15) is 6.42 Å². The predicted octanol–water partition coefficient (Wildman–Crippen LogP) is 1.43. The molecule has 8 heteroatoms. The minimum Gasteiger partial charge on any atom is -0.495 e. The molecule has 0 aliphatic carbocycles. The molecule has 1 fully saturated rings. The Balaban J connectivity index is 0.00000242. The van der Waals surface area contributed by atoms with Crippen LogP contribution in [0.3, 0.4) is 0 Å². The number of ether oxygens (including phenoxy) is 1. The first-order chi connectivity index (χ1) is 10.1. The monoisotopic (exact) mass is 347 g/mol. The summed E-state index contributed by atoms with van der Waals surface area (Å²) in [5.41, 5.74) is 0.518. The number of hydrogen-bond acceptors (Lipinski definition) is 4. The van der Waals surface area contributed by atoms with Crippen LogP contribution in [-0.4, -0.2) is 38.6 Å². The van der Waals surface area contributed by atoms with Crippen LogP contribution in [0.5, 0.6) is 5.75 Å². The summed E-state index contributed by atoms with van der Waals surface area (Å²) < 4.78 is 5.15. The Morgan fingerprint density at radius 2 is 2.14 bits per heavy atom. The van der Waals surface area contributed by atoms with Crippen LogP contribution < -0.4 is 20.7 Å². The van der Waals surface area contributed by atoms with Gasteiger partial charge in [-0.2, -0.15) is 0 Å². The smallest absolute Gasteiger partial charge is 0.226 e. The van der Waals surface area contributed by atoms with E-state index in [0.29, 0.717) is 36.1 Å². The van der Waals surface area contributed by atoms with E-state index in [0.717, 1.165) is 0 Å². The summed E-state index contributed by atoms with van der Waals surface area (Å²) in [6.07, 6.45) is 0.196. The summed E-state index contributed by atoms with van der Waals surface area (Å²) in [4.78, 5) is 23.4. The van der Waals surface area contributed by atoms with Crippen molar-refractivity contribution in [2.75, 3.05) is 32.1 Å². The zero-order chi connectivity index (χ0) is 15.2. The van der Waals surface area contributed by atoms with Gasteiger partial charge in [-0.3, -0.25) is 9.59 Å². The summed E-state index contributed by atoms with van der Waals surface area (Å²) in [7, 11) is 1.52. The maximum atomic E-state index is 11.9. The van der Waals surface area contributed by atoms with Gasteiger partial charge in [0.25, 0.3) is 0 Å². The van der Waals surface area contributed by atoms with Crippen molar-refractivity contribution in [3.05, 3.63) is 23.2 Å². The van der Waals surface area contributed by atoms with Gasteiger partial charge < -0.3 is 20.7 Å². The van der Waals surface area contributed by atoms with Gasteiger partial charge >= 0.3 is 0 Å². The van der Waals surface area contributed by atoms with Crippen molar-refractivity contribution in [2.24, 2.45) is 5.92 Å². The van der Waals surface area contributed by atoms with Gasteiger partial charge in [0.1, 0.15) is 5.75 Å². The van der Waals surface area contributed by atoms with Crippen molar-refractivity contribution in [1.82, 2.24) is 10.6 Å². The lowest BCUT2D eigenvalue weighted by molar-refractivity contribution is -0.126. The lowest BCUT2D eigenvalue weighted by Crippen LogP contribution is -2.51. The van der Waals surface area contributed by atoms with Crippen molar-refractivity contribution in [1.29, 1.82) is 0 Å². The van der Waals surface area contributed by atoms with E-state index in [9.17, 15) is 9.59 Å².